The number of aliphatic hydroxyl groups is 2. The minimum atomic E-state index is -3.66. The van der Waals surface area contributed by atoms with E-state index in [2.05, 4.69) is 10.3 Å². The van der Waals surface area contributed by atoms with E-state index in [0.29, 0.717) is 4.57 Å². The molecule has 0 aromatic carbocycles. The van der Waals surface area contributed by atoms with E-state index in [1.807, 2.05) is 0 Å². The van der Waals surface area contributed by atoms with Gasteiger partial charge in [0, 0.05) is 19.3 Å². The van der Waals surface area contributed by atoms with Gasteiger partial charge in [-0.3, -0.25) is 4.57 Å². The Morgan fingerprint density at radius 1 is 1.57 bits per heavy atom. The highest BCUT2D eigenvalue weighted by atomic mass is 19.3. The van der Waals surface area contributed by atoms with Gasteiger partial charge < -0.3 is 26.0 Å². The van der Waals surface area contributed by atoms with Crippen molar-refractivity contribution in [1.82, 2.24) is 14.9 Å². The van der Waals surface area contributed by atoms with Crippen molar-refractivity contribution in [2.45, 2.75) is 24.4 Å². The van der Waals surface area contributed by atoms with Gasteiger partial charge in [0.1, 0.15) is 18.0 Å². The van der Waals surface area contributed by atoms with Crippen LogP contribution in [-0.2, 0) is 4.74 Å². The van der Waals surface area contributed by atoms with E-state index < -0.39 is 30.0 Å². The minimum absolute atomic E-state index is 0.0923. The number of ether oxygens (including phenoxy) is 1. The van der Waals surface area contributed by atoms with Crippen molar-refractivity contribution in [2.75, 3.05) is 25.4 Å². The summed E-state index contributed by atoms with van der Waals surface area (Å²) in [5.41, 5.74) is 4.30. The van der Waals surface area contributed by atoms with E-state index in [0.717, 1.165) is 6.20 Å². The van der Waals surface area contributed by atoms with Gasteiger partial charge in [-0.25, -0.2) is 4.79 Å². The summed E-state index contributed by atoms with van der Waals surface area (Å²) >= 11 is 0. The molecule has 0 amide bonds. The summed E-state index contributed by atoms with van der Waals surface area (Å²) in [6.07, 6.45) is -4.23. The monoisotopic (exact) mass is 306 g/mol. The Kier molecular flexibility index (Phi) is 4.52. The van der Waals surface area contributed by atoms with Crippen LogP contribution in [0.5, 0.6) is 0 Å². The van der Waals surface area contributed by atoms with Gasteiger partial charge in [0.05, 0.1) is 6.61 Å². The summed E-state index contributed by atoms with van der Waals surface area (Å²) in [6.45, 7) is -0.0961. The first kappa shape index (κ1) is 15.8. The maximum atomic E-state index is 14.1. The average molecular weight is 306 g/mol. The first-order valence-electron chi connectivity index (χ1n) is 6.25. The second kappa shape index (κ2) is 6.02. The highest BCUT2D eigenvalue weighted by Gasteiger charge is 2.59. The van der Waals surface area contributed by atoms with Crippen molar-refractivity contribution in [3.63, 3.8) is 0 Å². The molecule has 1 aromatic heterocycles. The van der Waals surface area contributed by atoms with Crippen LogP contribution < -0.4 is 16.7 Å². The third-order valence-corrected chi connectivity index (χ3v) is 3.12. The molecule has 5 N–H and O–H groups in total. The van der Waals surface area contributed by atoms with Crippen LogP contribution in [0.4, 0.5) is 14.6 Å². The number of nitrogens with zero attached hydrogens (tertiary/aromatic N) is 2. The lowest BCUT2D eigenvalue weighted by atomic mass is 10.1. The van der Waals surface area contributed by atoms with Crippen LogP contribution in [0.3, 0.4) is 0 Å². The molecule has 8 nitrogen and oxygen atoms in total. The van der Waals surface area contributed by atoms with Gasteiger partial charge in [0.15, 0.2) is 0 Å². The summed E-state index contributed by atoms with van der Waals surface area (Å²) in [7, 11) is 0. The molecule has 3 atom stereocenters. The van der Waals surface area contributed by atoms with Gasteiger partial charge in [-0.05, 0) is 6.07 Å². The van der Waals surface area contributed by atoms with Crippen molar-refractivity contribution in [3.05, 3.63) is 22.7 Å². The number of aromatic nitrogens is 2. The van der Waals surface area contributed by atoms with Gasteiger partial charge in [-0.1, -0.05) is 0 Å². The predicted octanol–water partition coefficient (Wildman–Crippen LogP) is -1.70. The van der Waals surface area contributed by atoms with Gasteiger partial charge in [-0.2, -0.15) is 13.8 Å². The topological polar surface area (TPSA) is 123 Å². The van der Waals surface area contributed by atoms with Crippen LogP contribution in [0.15, 0.2) is 17.1 Å². The van der Waals surface area contributed by atoms with E-state index in [1.54, 1.807) is 0 Å². The Morgan fingerprint density at radius 3 is 2.90 bits per heavy atom. The van der Waals surface area contributed by atoms with Crippen molar-refractivity contribution in [1.29, 1.82) is 0 Å². The molecule has 0 spiro atoms. The number of nitrogens with one attached hydrogen (secondary N) is 1. The van der Waals surface area contributed by atoms with Gasteiger partial charge >= 0.3 is 11.6 Å². The van der Waals surface area contributed by atoms with E-state index in [-0.39, 0.29) is 25.5 Å². The highest BCUT2D eigenvalue weighted by molar-refractivity contribution is 5.23. The van der Waals surface area contributed by atoms with E-state index >= 15 is 0 Å². The molecule has 0 radical (unpaired) electrons. The van der Waals surface area contributed by atoms with Crippen molar-refractivity contribution in [2.24, 2.45) is 0 Å². The van der Waals surface area contributed by atoms with Crippen LogP contribution >= 0.6 is 0 Å². The number of hydrogen-bond donors (Lipinski definition) is 4. The lowest BCUT2D eigenvalue weighted by Crippen LogP contribution is -2.43. The number of hydrogen-bond acceptors (Lipinski definition) is 7. The number of halogens is 2. The molecular formula is C11H16F2N4O4. The number of nitrogen functional groups attached to an aromatic ring is 1. The first-order chi connectivity index (χ1) is 9.87. The second-order valence-electron chi connectivity index (χ2n) is 4.62. The second-order valence-corrected chi connectivity index (χ2v) is 4.62. The van der Waals surface area contributed by atoms with Crippen LogP contribution in [0, 0.1) is 0 Å². The smallest absolute Gasteiger partial charge is 0.351 e. The number of rotatable bonds is 5. The number of nitrogens with two attached hydrogens (primary N) is 1. The normalized spacial score (nSPS) is 27.9. The van der Waals surface area contributed by atoms with Crippen LogP contribution in [-0.4, -0.2) is 57.6 Å². The molecule has 1 aliphatic heterocycles. The zero-order valence-electron chi connectivity index (χ0n) is 10.9. The zero-order chi connectivity index (χ0) is 15.6. The molecule has 1 aliphatic rings. The molecule has 0 bridgehead atoms. The Balaban J connectivity index is 2.21. The maximum absolute atomic E-state index is 14.1. The third kappa shape index (κ3) is 3.02. The van der Waals surface area contributed by atoms with E-state index in [4.69, 9.17) is 15.6 Å². The SMILES string of the molecule is Nc1ccn([C@@H]2O[C@H](CNCCO)[C@@H](O)C2(F)F)c(=O)n1. The molecule has 0 unspecified atom stereocenters. The summed E-state index contributed by atoms with van der Waals surface area (Å²) in [4.78, 5) is 15.0. The fraction of sp³-hybridized carbons (Fsp3) is 0.636. The van der Waals surface area contributed by atoms with Crippen LogP contribution in [0.1, 0.15) is 6.23 Å². The highest BCUT2D eigenvalue weighted by Crippen LogP contribution is 2.41. The molecule has 21 heavy (non-hydrogen) atoms. The van der Waals surface area contributed by atoms with Gasteiger partial charge in [0.2, 0.25) is 6.23 Å². The first-order valence-corrected chi connectivity index (χ1v) is 6.25. The number of alkyl halides is 2. The molecule has 10 heteroatoms. The molecule has 1 aromatic rings. The predicted molar refractivity (Wildman–Crippen MR) is 67.7 cm³/mol. The fourth-order valence-corrected chi connectivity index (χ4v) is 2.06. The quantitative estimate of drug-likeness (QED) is 0.478. The molecule has 0 saturated carbocycles. The lowest BCUT2D eigenvalue weighted by molar-refractivity contribution is -0.140. The van der Waals surface area contributed by atoms with Crippen LogP contribution in [0.2, 0.25) is 0 Å². The third-order valence-electron chi connectivity index (χ3n) is 3.12. The van der Waals surface area contributed by atoms with Gasteiger partial charge in [-0.15, -0.1) is 0 Å². The van der Waals surface area contributed by atoms with E-state index in [9.17, 15) is 18.7 Å². The summed E-state index contributed by atoms with van der Waals surface area (Å²) in [5.74, 6) is -3.76. The summed E-state index contributed by atoms with van der Waals surface area (Å²) in [6, 6.07) is 1.19. The lowest BCUT2D eigenvalue weighted by Gasteiger charge is -2.20. The molecule has 2 rings (SSSR count). The van der Waals surface area contributed by atoms with Crippen molar-refractivity contribution < 1.29 is 23.7 Å². The Hall–Kier alpha value is -1.62. The molecule has 118 valence electrons. The zero-order valence-corrected chi connectivity index (χ0v) is 10.9. The van der Waals surface area contributed by atoms with Crippen molar-refractivity contribution in [3.8, 4) is 0 Å². The molecule has 2 heterocycles. The standard InChI is InChI=1S/C11H16F2N4O4/c12-11(13)8(19)6(5-15-2-4-18)21-9(11)17-3-1-7(14)16-10(17)20/h1,3,6,8-9,15,18-19H,2,4-5H2,(H2,14,16,20)/t6-,8-,9-/m1/s1. The van der Waals surface area contributed by atoms with E-state index in [1.165, 1.54) is 6.07 Å². The summed E-state index contributed by atoms with van der Waals surface area (Å²) in [5, 5.41) is 20.9. The minimum Gasteiger partial charge on any atom is -0.395 e. The number of anilines is 1. The number of aliphatic hydroxyl groups excluding tert-OH is 2. The maximum Gasteiger partial charge on any atom is 0.351 e. The molecular weight excluding hydrogens is 290 g/mol. The van der Waals surface area contributed by atoms with Crippen molar-refractivity contribution >= 4 is 5.82 Å². The molecule has 1 saturated heterocycles. The average Bonchev–Trinajstić information content (AvgIpc) is 2.63. The Bertz CT molecular complexity index is 553. The Labute approximate surface area is 118 Å². The fourth-order valence-electron chi connectivity index (χ4n) is 2.06. The molecule has 0 aliphatic carbocycles. The summed E-state index contributed by atoms with van der Waals surface area (Å²) < 4.78 is 33.8. The van der Waals surface area contributed by atoms with Gasteiger partial charge in [0.25, 0.3) is 0 Å². The Morgan fingerprint density at radius 2 is 2.29 bits per heavy atom. The molecule has 1 fully saturated rings. The largest absolute Gasteiger partial charge is 0.395 e. The van der Waals surface area contributed by atoms with Crippen LogP contribution in [0.25, 0.3) is 0 Å².